The maximum Gasteiger partial charge on any atom is 0.326 e. The van der Waals surface area contributed by atoms with Crippen LogP contribution in [0.5, 0.6) is 5.75 Å². The Bertz CT molecular complexity index is 1400. The van der Waals surface area contributed by atoms with Crippen molar-refractivity contribution >= 4 is 40.5 Å². The monoisotopic (exact) mass is 566 g/mol. The van der Waals surface area contributed by atoms with Crippen molar-refractivity contribution < 1.29 is 34.2 Å². The predicted molar refractivity (Wildman–Crippen MR) is 149 cm³/mol. The quantitative estimate of drug-likeness (QED) is 0.130. The van der Waals surface area contributed by atoms with Crippen LogP contribution in [0.2, 0.25) is 0 Å². The molecule has 13 nitrogen and oxygen atoms in total. The number of carbonyl (C=O) groups excluding carboxylic acids is 4. The molecule has 0 saturated heterocycles. The van der Waals surface area contributed by atoms with Crippen molar-refractivity contribution in [1.82, 2.24) is 20.9 Å². The van der Waals surface area contributed by atoms with E-state index in [0.29, 0.717) is 5.56 Å². The maximum atomic E-state index is 13.0. The van der Waals surface area contributed by atoms with E-state index in [-0.39, 0.29) is 31.4 Å². The average molecular weight is 567 g/mol. The predicted octanol–water partition coefficient (Wildman–Crippen LogP) is -0.190. The Kier molecular flexibility index (Phi) is 10.4. The number of aromatic nitrogens is 1. The summed E-state index contributed by atoms with van der Waals surface area (Å²) >= 11 is 0. The lowest BCUT2D eigenvalue weighted by atomic mass is 10.0. The molecule has 41 heavy (non-hydrogen) atoms. The summed E-state index contributed by atoms with van der Waals surface area (Å²) in [5.41, 5.74) is 13.6. The van der Waals surface area contributed by atoms with Gasteiger partial charge < -0.3 is 42.6 Å². The largest absolute Gasteiger partial charge is 0.508 e. The highest BCUT2D eigenvalue weighted by atomic mass is 16.4. The zero-order valence-corrected chi connectivity index (χ0v) is 22.4. The molecule has 0 saturated carbocycles. The van der Waals surface area contributed by atoms with Gasteiger partial charge in [-0.25, -0.2) is 4.79 Å². The van der Waals surface area contributed by atoms with Crippen molar-refractivity contribution in [2.45, 2.75) is 56.8 Å². The number of carbonyl (C=O) groups is 5. The van der Waals surface area contributed by atoms with Crippen LogP contribution < -0.4 is 27.4 Å². The second kappa shape index (κ2) is 13.9. The number of carboxylic acid groups (broad SMARTS) is 1. The lowest BCUT2D eigenvalue weighted by Gasteiger charge is -2.23. The highest BCUT2D eigenvalue weighted by molar-refractivity contribution is 5.94. The van der Waals surface area contributed by atoms with E-state index >= 15 is 0 Å². The minimum absolute atomic E-state index is 0.0119. The van der Waals surface area contributed by atoms with Gasteiger partial charge in [-0.3, -0.25) is 19.2 Å². The number of hydrogen-bond donors (Lipinski definition) is 8. The Morgan fingerprint density at radius 1 is 0.878 bits per heavy atom. The molecular formula is C28H34N6O7. The summed E-state index contributed by atoms with van der Waals surface area (Å²) in [6.07, 6.45) is 1.51. The number of phenolic OH excluding ortho intramolecular Hbond substituents is 1. The molecule has 0 spiro atoms. The summed E-state index contributed by atoms with van der Waals surface area (Å²) in [5, 5.41) is 27.2. The topological polar surface area (TPSA) is 230 Å². The van der Waals surface area contributed by atoms with Crippen molar-refractivity contribution in [3.8, 4) is 5.75 Å². The molecule has 0 aliphatic rings. The van der Waals surface area contributed by atoms with Gasteiger partial charge in [0.15, 0.2) is 0 Å². The molecule has 0 bridgehead atoms. The Morgan fingerprint density at radius 3 is 2.20 bits per heavy atom. The number of benzene rings is 2. The third-order valence-corrected chi connectivity index (χ3v) is 6.51. The number of aliphatic carboxylic acids is 1. The van der Waals surface area contributed by atoms with Crippen molar-refractivity contribution in [3.05, 3.63) is 65.9 Å². The van der Waals surface area contributed by atoms with Crippen LogP contribution in [0.4, 0.5) is 0 Å². The molecule has 4 atom stereocenters. The van der Waals surface area contributed by atoms with Crippen LogP contribution in [0, 0.1) is 0 Å². The Balaban J connectivity index is 1.62. The minimum atomic E-state index is -1.31. The van der Waals surface area contributed by atoms with Gasteiger partial charge in [-0.1, -0.05) is 30.3 Å². The number of phenols is 1. The number of aromatic hydroxyl groups is 1. The second-order valence-electron chi connectivity index (χ2n) is 9.74. The van der Waals surface area contributed by atoms with E-state index in [9.17, 15) is 34.2 Å². The molecular weight excluding hydrogens is 532 g/mol. The van der Waals surface area contributed by atoms with Gasteiger partial charge in [-0.15, -0.1) is 0 Å². The molecule has 218 valence electrons. The van der Waals surface area contributed by atoms with E-state index in [4.69, 9.17) is 11.5 Å². The van der Waals surface area contributed by atoms with Gasteiger partial charge in [-0.2, -0.15) is 0 Å². The van der Waals surface area contributed by atoms with Gasteiger partial charge in [-0.05, 0) is 49.1 Å². The number of rotatable bonds is 14. The van der Waals surface area contributed by atoms with E-state index in [1.807, 2.05) is 24.3 Å². The minimum Gasteiger partial charge on any atom is -0.508 e. The van der Waals surface area contributed by atoms with Crippen LogP contribution >= 0.6 is 0 Å². The molecule has 2 aromatic carbocycles. The van der Waals surface area contributed by atoms with Gasteiger partial charge in [0.2, 0.25) is 23.6 Å². The molecule has 1 heterocycles. The van der Waals surface area contributed by atoms with E-state index in [2.05, 4.69) is 20.9 Å². The van der Waals surface area contributed by atoms with Crippen LogP contribution in [-0.2, 0) is 36.8 Å². The van der Waals surface area contributed by atoms with Crippen LogP contribution in [0.25, 0.3) is 10.9 Å². The normalized spacial score (nSPS) is 13.9. The van der Waals surface area contributed by atoms with Gasteiger partial charge >= 0.3 is 5.97 Å². The first-order chi connectivity index (χ1) is 19.4. The Morgan fingerprint density at radius 2 is 1.54 bits per heavy atom. The first-order valence-electron chi connectivity index (χ1n) is 12.9. The molecule has 13 heteroatoms. The summed E-state index contributed by atoms with van der Waals surface area (Å²) in [6.45, 7) is 1.35. The summed E-state index contributed by atoms with van der Waals surface area (Å²) in [6, 6.07) is 8.61. The van der Waals surface area contributed by atoms with Gasteiger partial charge in [0.05, 0.1) is 6.04 Å². The lowest BCUT2D eigenvalue weighted by molar-refractivity contribution is -0.142. The number of carboxylic acids is 1. The van der Waals surface area contributed by atoms with Gasteiger partial charge in [0, 0.05) is 29.9 Å². The number of primary amides is 1. The number of fused-ring (bicyclic) bond motifs is 1. The number of nitrogens with two attached hydrogens (primary N) is 2. The van der Waals surface area contributed by atoms with Crippen LogP contribution in [0.1, 0.15) is 30.9 Å². The standard InChI is InChI=1S/C28H34N6O7/c1-15(25(37)34-23(28(40)41)12-16-6-8-18(35)9-7-16)32-27(39)22(10-11-24(30)36)33-26(38)20(29)13-17-14-31-21-5-3-2-4-19(17)21/h2-9,14-15,20,22-23,31,35H,10-13,29H2,1H3,(H2,30,36)(H,32,39)(H,33,38)(H,34,37)(H,40,41). The molecule has 4 unspecified atom stereocenters. The molecule has 0 aliphatic carbocycles. The summed E-state index contributed by atoms with van der Waals surface area (Å²) in [7, 11) is 0. The van der Waals surface area contributed by atoms with E-state index in [0.717, 1.165) is 16.5 Å². The number of para-hydroxylation sites is 1. The van der Waals surface area contributed by atoms with Crippen LogP contribution in [0.15, 0.2) is 54.7 Å². The van der Waals surface area contributed by atoms with Crippen molar-refractivity contribution in [1.29, 1.82) is 0 Å². The van der Waals surface area contributed by atoms with Gasteiger partial charge in [0.1, 0.15) is 23.9 Å². The van der Waals surface area contributed by atoms with E-state index in [1.165, 1.54) is 31.2 Å². The second-order valence-corrected chi connectivity index (χ2v) is 9.74. The molecule has 3 aromatic rings. The third kappa shape index (κ3) is 8.80. The van der Waals surface area contributed by atoms with E-state index in [1.54, 1.807) is 6.20 Å². The SMILES string of the molecule is CC(NC(=O)C(CCC(N)=O)NC(=O)C(N)Cc1c[nH]c2ccccc12)C(=O)NC(Cc1ccc(O)cc1)C(=O)O. The fraction of sp³-hybridized carbons (Fsp3) is 0.321. The maximum absolute atomic E-state index is 13.0. The summed E-state index contributed by atoms with van der Waals surface area (Å²) < 4.78 is 0. The number of nitrogens with one attached hydrogen (secondary N) is 4. The number of amides is 4. The zero-order chi connectivity index (χ0) is 30.1. The molecule has 10 N–H and O–H groups in total. The van der Waals surface area contributed by atoms with E-state index < -0.39 is 53.8 Å². The smallest absolute Gasteiger partial charge is 0.326 e. The fourth-order valence-electron chi connectivity index (χ4n) is 4.21. The Hall–Kier alpha value is -4.91. The number of H-pyrrole nitrogens is 1. The molecule has 0 fully saturated rings. The summed E-state index contributed by atoms with van der Waals surface area (Å²) in [4.78, 5) is 64.9. The van der Waals surface area contributed by atoms with Crippen LogP contribution in [0.3, 0.4) is 0 Å². The first-order valence-corrected chi connectivity index (χ1v) is 12.9. The molecule has 4 amide bonds. The third-order valence-electron chi connectivity index (χ3n) is 6.51. The average Bonchev–Trinajstić information content (AvgIpc) is 3.33. The summed E-state index contributed by atoms with van der Waals surface area (Å²) in [5.74, 6) is -4.16. The van der Waals surface area contributed by atoms with Crippen molar-refractivity contribution in [3.63, 3.8) is 0 Å². The zero-order valence-electron chi connectivity index (χ0n) is 22.4. The fourth-order valence-corrected chi connectivity index (χ4v) is 4.21. The molecule has 1 aromatic heterocycles. The van der Waals surface area contributed by atoms with Crippen LogP contribution in [-0.4, -0.2) is 69.0 Å². The van der Waals surface area contributed by atoms with Crippen molar-refractivity contribution in [2.75, 3.05) is 0 Å². The number of aromatic amines is 1. The molecule has 0 radical (unpaired) electrons. The van der Waals surface area contributed by atoms with Crippen molar-refractivity contribution in [2.24, 2.45) is 11.5 Å². The Labute approximate surface area is 235 Å². The van der Waals surface area contributed by atoms with Gasteiger partial charge in [0.25, 0.3) is 0 Å². The molecule has 0 aliphatic heterocycles. The highest BCUT2D eigenvalue weighted by Gasteiger charge is 2.29. The molecule has 3 rings (SSSR count). The first kappa shape index (κ1) is 30.6. The lowest BCUT2D eigenvalue weighted by Crippen LogP contribution is -2.56. The number of hydrogen-bond acceptors (Lipinski definition) is 7. The highest BCUT2D eigenvalue weighted by Crippen LogP contribution is 2.19.